The Labute approximate surface area is 62.3 Å². The van der Waals surface area contributed by atoms with E-state index in [-0.39, 0.29) is 0 Å². The van der Waals surface area contributed by atoms with E-state index in [0.29, 0.717) is 6.04 Å². The molecule has 0 aliphatic carbocycles. The molecule has 0 saturated carbocycles. The van der Waals surface area contributed by atoms with Crippen LogP contribution in [0.2, 0.25) is 0 Å². The molecule has 0 radical (unpaired) electrons. The molecular formula is C7H16N2O. The molecule has 0 amide bonds. The second-order valence-electron chi connectivity index (χ2n) is 2.67. The lowest BCUT2D eigenvalue weighted by molar-refractivity contribution is 0.0910. The van der Waals surface area contributed by atoms with E-state index in [1.165, 1.54) is 12.8 Å². The first-order valence-electron chi connectivity index (χ1n) is 3.81. The highest BCUT2D eigenvalue weighted by molar-refractivity contribution is 4.74. The molecule has 1 rings (SSSR count). The van der Waals surface area contributed by atoms with Gasteiger partial charge in [0.05, 0.1) is 6.61 Å². The van der Waals surface area contributed by atoms with Crippen LogP contribution in [0.15, 0.2) is 0 Å². The first kappa shape index (κ1) is 7.98. The molecule has 1 saturated heterocycles. The van der Waals surface area contributed by atoms with Gasteiger partial charge in [0.15, 0.2) is 0 Å². The van der Waals surface area contributed by atoms with Gasteiger partial charge >= 0.3 is 0 Å². The van der Waals surface area contributed by atoms with Crippen molar-refractivity contribution < 1.29 is 4.74 Å². The molecule has 1 aliphatic heterocycles. The molecule has 3 nitrogen and oxygen atoms in total. The summed E-state index contributed by atoms with van der Waals surface area (Å²) in [5.74, 6) is 0. The molecule has 1 heterocycles. The number of nitrogens with one attached hydrogen (secondary N) is 1. The average molecular weight is 144 g/mol. The van der Waals surface area contributed by atoms with E-state index in [0.717, 1.165) is 13.2 Å². The second kappa shape index (κ2) is 3.91. The summed E-state index contributed by atoms with van der Waals surface area (Å²) in [4.78, 5) is 0. The fourth-order valence-electron chi connectivity index (χ4n) is 1.50. The van der Waals surface area contributed by atoms with Crippen molar-refractivity contribution in [3.8, 4) is 0 Å². The average Bonchev–Trinajstić information content (AvgIpc) is 2.36. The minimum atomic E-state index is 0.593. The van der Waals surface area contributed by atoms with Crippen LogP contribution in [0.4, 0.5) is 0 Å². The normalized spacial score (nSPS) is 27.6. The molecular weight excluding hydrogens is 128 g/mol. The second-order valence-corrected chi connectivity index (χ2v) is 2.67. The molecule has 1 N–H and O–H groups in total. The molecule has 60 valence electrons. The van der Waals surface area contributed by atoms with Gasteiger partial charge in [0.1, 0.15) is 0 Å². The zero-order valence-corrected chi connectivity index (χ0v) is 6.76. The fraction of sp³-hybridized carbons (Fsp3) is 1.00. The Bertz CT molecular complexity index is 97.6. The van der Waals surface area contributed by atoms with Crippen LogP contribution in [0.3, 0.4) is 0 Å². The van der Waals surface area contributed by atoms with Crippen molar-refractivity contribution in [3.63, 3.8) is 0 Å². The molecule has 0 unspecified atom stereocenters. The lowest BCUT2D eigenvalue weighted by atomic mass is 10.2. The van der Waals surface area contributed by atoms with Gasteiger partial charge in [0, 0.05) is 19.7 Å². The maximum absolute atomic E-state index is 5.08. The molecule has 1 aliphatic rings. The Morgan fingerprint density at radius 2 is 2.50 bits per heavy atom. The summed E-state index contributed by atoms with van der Waals surface area (Å²) in [7, 11) is 3.72. The van der Waals surface area contributed by atoms with Crippen molar-refractivity contribution in [1.29, 1.82) is 0 Å². The number of hydrogen-bond donors (Lipinski definition) is 1. The summed E-state index contributed by atoms with van der Waals surface area (Å²) in [5.41, 5.74) is 3.15. The van der Waals surface area contributed by atoms with E-state index in [1.54, 1.807) is 7.11 Å². The van der Waals surface area contributed by atoms with E-state index in [9.17, 15) is 0 Å². The lowest BCUT2D eigenvalue weighted by Gasteiger charge is -2.21. The summed E-state index contributed by atoms with van der Waals surface area (Å²) in [6, 6.07) is 0.593. The fourth-order valence-corrected chi connectivity index (χ4v) is 1.50. The number of hydrogen-bond acceptors (Lipinski definition) is 3. The SMILES string of the molecule is CNN1CCC[C@@H]1COC. The predicted octanol–water partition coefficient (Wildman–Crippen LogP) is 0.232. The Hall–Kier alpha value is -0.120. The third kappa shape index (κ3) is 1.68. The lowest BCUT2D eigenvalue weighted by Crippen LogP contribution is -2.41. The van der Waals surface area contributed by atoms with Crippen molar-refractivity contribution in [3.05, 3.63) is 0 Å². The molecule has 1 fully saturated rings. The summed E-state index contributed by atoms with van der Waals surface area (Å²) < 4.78 is 5.08. The van der Waals surface area contributed by atoms with Gasteiger partial charge in [-0.2, -0.15) is 0 Å². The first-order valence-corrected chi connectivity index (χ1v) is 3.81. The van der Waals surface area contributed by atoms with Crippen molar-refractivity contribution in [2.45, 2.75) is 18.9 Å². The number of nitrogens with zero attached hydrogens (tertiary/aromatic N) is 1. The molecule has 0 bridgehead atoms. The van der Waals surface area contributed by atoms with E-state index < -0.39 is 0 Å². The number of rotatable bonds is 3. The minimum Gasteiger partial charge on any atom is -0.383 e. The van der Waals surface area contributed by atoms with Crippen molar-refractivity contribution >= 4 is 0 Å². The van der Waals surface area contributed by atoms with Crippen LogP contribution in [0.25, 0.3) is 0 Å². The number of methoxy groups -OCH3 is 1. The Morgan fingerprint density at radius 3 is 3.10 bits per heavy atom. The summed E-state index contributed by atoms with van der Waals surface area (Å²) in [6.07, 6.45) is 2.55. The van der Waals surface area contributed by atoms with Crippen LogP contribution < -0.4 is 5.43 Å². The molecule has 0 aromatic rings. The third-order valence-corrected chi connectivity index (χ3v) is 2.02. The topological polar surface area (TPSA) is 24.5 Å². The van der Waals surface area contributed by atoms with Gasteiger partial charge < -0.3 is 4.74 Å². The highest BCUT2D eigenvalue weighted by Crippen LogP contribution is 2.13. The highest BCUT2D eigenvalue weighted by atomic mass is 16.5. The van der Waals surface area contributed by atoms with Gasteiger partial charge in [0.25, 0.3) is 0 Å². The quantitative estimate of drug-likeness (QED) is 0.613. The molecule has 0 spiro atoms. The first-order chi connectivity index (χ1) is 4.88. The van der Waals surface area contributed by atoms with E-state index >= 15 is 0 Å². The molecule has 0 aromatic heterocycles. The van der Waals surface area contributed by atoms with E-state index in [1.807, 2.05) is 7.05 Å². The maximum Gasteiger partial charge on any atom is 0.0632 e. The number of ether oxygens (including phenoxy) is 1. The summed E-state index contributed by atoms with van der Waals surface area (Å²) in [6.45, 7) is 2.01. The zero-order valence-electron chi connectivity index (χ0n) is 6.76. The zero-order chi connectivity index (χ0) is 7.40. The summed E-state index contributed by atoms with van der Waals surface area (Å²) >= 11 is 0. The van der Waals surface area contributed by atoms with Gasteiger partial charge in [0.2, 0.25) is 0 Å². The Kier molecular flexibility index (Phi) is 3.12. The van der Waals surface area contributed by atoms with Gasteiger partial charge in [-0.25, -0.2) is 5.01 Å². The van der Waals surface area contributed by atoms with Gasteiger partial charge in [-0.05, 0) is 19.9 Å². The van der Waals surface area contributed by atoms with Crippen LogP contribution in [-0.4, -0.2) is 38.4 Å². The van der Waals surface area contributed by atoms with E-state index in [4.69, 9.17) is 4.74 Å². The highest BCUT2D eigenvalue weighted by Gasteiger charge is 2.22. The smallest absolute Gasteiger partial charge is 0.0632 e. The maximum atomic E-state index is 5.08. The summed E-state index contributed by atoms with van der Waals surface area (Å²) in [5, 5.41) is 2.24. The largest absolute Gasteiger partial charge is 0.383 e. The van der Waals surface area contributed by atoms with Crippen molar-refractivity contribution in [2.24, 2.45) is 0 Å². The molecule has 1 atom stereocenters. The van der Waals surface area contributed by atoms with Crippen LogP contribution in [-0.2, 0) is 4.74 Å². The molecule has 3 heteroatoms. The van der Waals surface area contributed by atoms with E-state index in [2.05, 4.69) is 10.4 Å². The van der Waals surface area contributed by atoms with Crippen LogP contribution in [0.5, 0.6) is 0 Å². The predicted molar refractivity (Wildman–Crippen MR) is 40.7 cm³/mol. The van der Waals surface area contributed by atoms with Crippen LogP contribution in [0, 0.1) is 0 Å². The van der Waals surface area contributed by atoms with Crippen LogP contribution >= 0.6 is 0 Å². The minimum absolute atomic E-state index is 0.593. The number of hydrazine groups is 1. The molecule has 0 aromatic carbocycles. The third-order valence-electron chi connectivity index (χ3n) is 2.02. The Balaban J connectivity index is 2.27. The van der Waals surface area contributed by atoms with Crippen molar-refractivity contribution in [2.75, 3.05) is 27.3 Å². The van der Waals surface area contributed by atoms with Gasteiger partial charge in [-0.15, -0.1) is 0 Å². The monoisotopic (exact) mass is 144 g/mol. The van der Waals surface area contributed by atoms with Crippen LogP contribution in [0.1, 0.15) is 12.8 Å². The standard InChI is InChI=1S/C7H16N2O/c1-8-9-5-3-4-7(9)6-10-2/h7-8H,3-6H2,1-2H3/t7-/m1/s1. The van der Waals surface area contributed by atoms with Gasteiger partial charge in [-0.3, -0.25) is 5.43 Å². The van der Waals surface area contributed by atoms with Gasteiger partial charge in [-0.1, -0.05) is 0 Å². The Morgan fingerprint density at radius 1 is 1.70 bits per heavy atom. The van der Waals surface area contributed by atoms with Crippen molar-refractivity contribution in [1.82, 2.24) is 10.4 Å². The molecule has 10 heavy (non-hydrogen) atoms.